The molecule has 6 nitrogen and oxygen atoms in total. The molecule has 0 radical (unpaired) electrons. The van der Waals surface area contributed by atoms with Crippen LogP contribution in [0, 0.1) is 5.92 Å². The zero-order chi connectivity index (χ0) is 18.5. The van der Waals surface area contributed by atoms with Gasteiger partial charge in [0.25, 0.3) is 0 Å². The minimum absolute atomic E-state index is 0.172. The second-order valence-corrected chi connectivity index (χ2v) is 7.84. The van der Waals surface area contributed by atoms with Gasteiger partial charge in [-0.15, -0.1) is 10.2 Å². The van der Waals surface area contributed by atoms with Crippen LogP contribution in [0.3, 0.4) is 0 Å². The van der Waals surface area contributed by atoms with E-state index in [1.165, 1.54) is 50.8 Å². The summed E-state index contributed by atoms with van der Waals surface area (Å²) in [5.41, 5.74) is 2.21. The maximum absolute atomic E-state index is 12.3. The van der Waals surface area contributed by atoms with Gasteiger partial charge in [0.15, 0.2) is 0 Å². The summed E-state index contributed by atoms with van der Waals surface area (Å²) in [7, 11) is 0. The molecular formula is C21H29N5O. The van der Waals surface area contributed by atoms with Gasteiger partial charge in [0.05, 0.1) is 0 Å². The van der Waals surface area contributed by atoms with Gasteiger partial charge in [0.1, 0.15) is 12.7 Å². The monoisotopic (exact) mass is 367 g/mol. The molecule has 2 atom stereocenters. The molecule has 2 aliphatic rings. The van der Waals surface area contributed by atoms with Crippen LogP contribution in [-0.2, 0) is 11.2 Å². The third-order valence-electron chi connectivity index (χ3n) is 6.08. The number of nitrogens with one attached hydrogen (secondary N) is 1. The molecule has 3 heterocycles. The molecule has 2 aliphatic heterocycles. The van der Waals surface area contributed by atoms with Crippen molar-refractivity contribution in [1.82, 2.24) is 25.0 Å². The number of carbonyl (C=O) groups is 1. The topological polar surface area (TPSA) is 63.1 Å². The van der Waals surface area contributed by atoms with Crippen LogP contribution in [-0.4, -0.2) is 51.2 Å². The second-order valence-electron chi connectivity index (χ2n) is 7.84. The zero-order valence-electron chi connectivity index (χ0n) is 15.9. The van der Waals surface area contributed by atoms with E-state index in [1.807, 2.05) is 16.7 Å². The number of benzene rings is 1. The molecule has 2 saturated heterocycles. The van der Waals surface area contributed by atoms with Gasteiger partial charge in [-0.05, 0) is 68.8 Å². The lowest BCUT2D eigenvalue weighted by Gasteiger charge is -2.44. The van der Waals surface area contributed by atoms with Gasteiger partial charge in [-0.25, -0.2) is 0 Å². The van der Waals surface area contributed by atoms with Crippen LogP contribution in [0.2, 0.25) is 0 Å². The molecule has 1 aromatic heterocycles. The third-order valence-corrected chi connectivity index (χ3v) is 6.08. The summed E-state index contributed by atoms with van der Waals surface area (Å²) in [5.74, 6) is 0.803. The standard InChI is InChI=1S/C21H29N5O/c27-21(22-14-18-4-3-13-25-12-2-1-5-20(18)25)11-8-17-6-9-19(10-7-17)26-15-23-24-16-26/h6-7,9-10,15-16,18,20H,1-5,8,11-14H2,(H,22,27). The molecule has 1 aromatic carbocycles. The second kappa shape index (κ2) is 8.65. The molecule has 0 spiro atoms. The van der Waals surface area contributed by atoms with Crippen molar-refractivity contribution < 1.29 is 4.79 Å². The fraction of sp³-hybridized carbons (Fsp3) is 0.571. The Morgan fingerprint density at radius 3 is 2.63 bits per heavy atom. The number of aromatic nitrogens is 3. The number of aryl methyl sites for hydroxylation is 1. The first kappa shape index (κ1) is 18.2. The van der Waals surface area contributed by atoms with Crippen molar-refractivity contribution in [2.24, 2.45) is 5.92 Å². The molecule has 0 bridgehead atoms. The predicted molar refractivity (Wildman–Crippen MR) is 105 cm³/mol. The molecule has 1 amide bonds. The highest BCUT2D eigenvalue weighted by Crippen LogP contribution is 2.30. The third kappa shape index (κ3) is 4.56. The van der Waals surface area contributed by atoms with Gasteiger partial charge in [-0.2, -0.15) is 0 Å². The van der Waals surface area contributed by atoms with Crippen molar-refractivity contribution in [3.05, 3.63) is 42.5 Å². The van der Waals surface area contributed by atoms with Crippen LogP contribution in [0.1, 0.15) is 44.1 Å². The summed E-state index contributed by atoms with van der Waals surface area (Å²) >= 11 is 0. The summed E-state index contributed by atoms with van der Waals surface area (Å²) in [4.78, 5) is 15.0. The fourth-order valence-corrected chi connectivity index (χ4v) is 4.58. The van der Waals surface area contributed by atoms with Crippen molar-refractivity contribution in [3.8, 4) is 5.69 Å². The number of fused-ring (bicyclic) bond motifs is 1. The highest BCUT2D eigenvalue weighted by molar-refractivity contribution is 5.76. The average molecular weight is 367 g/mol. The summed E-state index contributed by atoms with van der Waals surface area (Å²) in [6.45, 7) is 3.34. The normalized spacial score (nSPS) is 23.0. The Labute approximate surface area is 161 Å². The zero-order valence-corrected chi connectivity index (χ0v) is 15.9. The summed E-state index contributed by atoms with van der Waals surface area (Å²) in [5, 5.41) is 10.8. The molecule has 6 heteroatoms. The number of amides is 1. The minimum Gasteiger partial charge on any atom is -0.356 e. The Morgan fingerprint density at radius 2 is 1.81 bits per heavy atom. The summed E-state index contributed by atoms with van der Waals surface area (Å²) < 4.78 is 1.87. The van der Waals surface area contributed by atoms with E-state index in [9.17, 15) is 4.79 Å². The van der Waals surface area contributed by atoms with Crippen LogP contribution < -0.4 is 5.32 Å². The number of carbonyl (C=O) groups excluding carboxylic acids is 1. The van der Waals surface area contributed by atoms with Crippen LogP contribution >= 0.6 is 0 Å². The van der Waals surface area contributed by atoms with Gasteiger partial charge in [-0.3, -0.25) is 9.36 Å². The van der Waals surface area contributed by atoms with Gasteiger partial charge < -0.3 is 10.2 Å². The Bertz CT molecular complexity index is 726. The van der Waals surface area contributed by atoms with Crippen molar-refractivity contribution in [2.45, 2.75) is 51.0 Å². The molecule has 144 valence electrons. The van der Waals surface area contributed by atoms with E-state index in [0.717, 1.165) is 18.7 Å². The lowest BCUT2D eigenvalue weighted by Crippen LogP contribution is -2.51. The summed E-state index contributed by atoms with van der Waals surface area (Å²) in [6.07, 6.45) is 11.2. The largest absolute Gasteiger partial charge is 0.356 e. The summed E-state index contributed by atoms with van der Waals surface area (Å²) in [6, 6.07) is 8.91. The lowest BCUT2D eigenvalue weighted by atomic mass is 9.83. The lowest BCUT2D eigenvalue weighted by molar-refractivity contribution is -0.121. The van der Waals surface area contributed by atoms with Crippen LogP contribution in [0.4, 0.5) is 0 Å². The van der Waals surface area contributed by atoms with E-state index >= 15 is 0 Å². The van der Waals surface area contributed by atoms with Crippen molar-refractivity contribution in [2.75, 3.05) is 19.6 Å². The number of rotatable bonds is 6. The molecule has 0 aliphatic carbocycles. The maximum Gasteiger partial charge on any atom is 0.220 e. The maximum atomic E-state index is 12.3. The molecule has 1 N–H and O–H groups in total. The first-order valence-corrected chi connectivity index (χ1v) is 10.2. The molecule has 0 saturated carbocycles. The van der Waals surface area contributed by atoms with Crippen molar-refractivity contribution >= 4 is 5.91 Å². The van der Waals surface area contributed by atoms with E-state index in [-0.39, 0.29) is 5.91 Å². The van der Waals surface area contributed by atoms with Crippen LogP contribution in [0.5, 0.6) is 0 Å². The highest BCUT2D eigenvalue weighted by atomic mass is 16.1. The highest BCUT2D eigenvalue weighted by Gasteiger charge is 2.32. The van der Waals surface area contributed by atoms with Crippen molar-refractivity contribution in [1.29, 1.82) is 0 Å². The molecule has 27 heavy (non-hydrogen) atoms. The molecule has 4 rings (SSSR count). The van der Waals surface area contributed by atoms with E-state index < -0.39 is 0 Å². The van der Waals surface area contributed by atoms with Gasteiger partial charge in [0.2, 0.25) is 5.91 Å². The predicted octanol–water partition coefficient (Wildman–Crippen LogP) is 2.58. The van der Waals surface area contributed by atoms with E-state index in [0.29, 0.717) is 18.4 Å². The van der Waals surface area contributed by atoms with Gasteiger partial charge >= 0.3 is 0 Å². The van der Waals surface area contributed by atoms with E-state index in [4.69, 9.17) is 0 Å². The minimum atomic E-state index is 0.172. The average Bonchev–Trinajstić information content (AvgIpc) is 3.26. The molecule has 2 unspecified atom stereocenters. The number of nitrogens with zero attached hydrogens (tertiary/aromatic N) is 4. The molecule has 2 aromatic rings. The number of hydrogen-bond donors (Lipinski definition) is 1. The first-order valence-electron chi connectivity index (χ1n) is 10.2. The molecule has 2 fully saturated rings. The number of hydrogen-bond acceptors (Lipinski definition) is 4. The van der Waals surface area contributed by atoms with Gasteiger partial charge in [-0.1, -0.05) is 18.6 Å². The SMILES string of the molecule is O=C(CCc1ccc(-n2cnnc2)cc1)NCC1CCCN2CCCCC12. The van der Waals surface area contributed by atoms with Crippen LogP contribution in [0.25, 0.3) is 5.69 Å². The van der Waals surface area contributed by atoms with Crippen LogP contribution in [0.15, 0.2) is 36.9 Å². The quantitative estimate of drug-likeness (QED) is 0.852. The Balaban J connectivity index is 1.22. The van der Waals surface area contributed by atoms with E-state index in [1.54, 1.807) is 12.7 Å². The Kier molecular flexibility index (Phi) is 5.82. The van der Waals surface area contributed by atoms with E-state index in [2.05, 4.69) is 32.5 Å². The Hall–Kier alpha value is -2.21. The Morgan fingerprint density at radius 1 is 1.04 bits per heavy atom. The molecular weight excluding hydrogens is 338 g/mol. The smallest absolute Gasteiger partial charge is 0.220 e. The fourth-order valence-electron chi connectivity index (χ4n) is 4.58. The van der Waals surface area contributed by atoms with Crippen molar-refractivity contribution in [3.63, 3.8) is 0 Å². The number of piperidine rings is 2. The van der Waals surface area contributed by atoms with Gasteiger partial charge in [0, 0.05) is 24.7 Å². The first-order chi connectivity index (χ1) is 13.3.